The zero-order valence-corrected chi connectivity index (χ0v) is 13.6. The second kappa shape index (κ2) is 6.62. The van der Waals surface area contributed by atoms with Crippen LogP contribution in [0.3, 0.4) is 0 Å². The SMILES string of the molecule is CCCNC(C)c1ccc(N2CCC(C)(C)CC2)cc1. The molecule has 0 saturated carbocycles. The second-order valence-electron chi connectivity index (χ2n) is 6.92. The first-order valence-electron chi connectivity index (χ1n) is 8.10. The molecule has 1 aliphatic rings. The Labute approximate surface area is 124 Å². The van der Waals surface area contributed by atoms with Crippen LogP contribution in [0.1, 0.15) is 58.6 Å². The fourth-order valence-electron chi connectivity index (χ4n) is 2.82. The number of anilines is 1. The lowest BCUT2D eigenvalue weighted by Crippen LogP contribution is -2.37. The van der Waals surface area contributed by atoms with Gasteiger partial charge in [0.05, 0.1) is 0 Å². The van der Waals surface area contributed by atoms with Gasteiger partial charge in [0.15, 0.2) is 0 Å². The van der Waals surface area contributed by atoms with Crippen LogP contribution in [0.25, 0.3) is 0 Å². The molecule has 1 saturated heterocycles. The number of hydrogen-bond donors (Lipinski definition) is 1. The van der Waals surface area contributed by atoms with Gasteiger partial charge in [-0.15, -0.1) is 0 Å². The number of nitrogens with zero attached hydrogens (tertiary/aromatic N) is 1. The Morgan fingerprint density at radius 2 is 1.75 bits per heavy atom. The highest BCUT2D eigenvalue weighted by atomic mass is 15.1. The van der Waals surface area contributed by atoms with Crippen molar-refractivity contribution in [2.75, 3.05) is 24.5 Å². The smallest absolute Gasteiger partial charge is 0.0366 e. The number of nitrogens with one attached hydrogen (secondary N) is 1. The van der Waals surface area contributed by atoms with Crippen LogP contribution < -0.4 is 10.2 Å². The fourth-order valence-corrected chi connectivity index (χ4v) is 2.82. The van der Waals surface area contributed by atoms with Gasteiger partial charge in [0.2, 0.25) is 0 Å². The summed E-state index contributed by atoms with van der Waals surface area (Å²) in [6.45, 7) is 12.7. The van der Waals surface area contributed by atoms with E-state index in [1.54, 1.807) is 0 Å². The van der Waals surface area contributed by atoms with Crippen molar-refractivity contribution in [3.8, 4) is 0 Å². The van der Waals surface area contributed by atoms with Crippen LogP contribution in [-0.2, 0) is 0 Å². The van der Waals surface area contributed by atoms with Crippen LogP contribution >= 0.6 is 0 Å². The molecule has 1 N–H and O–H groups in total. The minimum Gasteiger partial charge on any atom is -0.371 e. The molecule has 2 nitrogen and oxygen atoms in total. The topological polar surface area (TPSA) is 15.3 Å². The highest BCUT2D eigenvalue weighted by Gasteiger charge is 2.25. The van der Waals surface area contributed by atoms with Gasteiger partial charge in [0, 0.05) is 24.8 Å². The number of hydrogen-bond acceptors (Lipinski definition) is 2. The molecule has 1 heterocycles. The van der Waals surface area contributed by atoms with Gasteiger partial charge in [0.1, 0.15) is 0 Å². The molecular formula is C18H30N2. The maximum atomic E-state index is 3.54. The molecule has 1 fully saturated rings. The quantitative estimate of drug-likeness (QED) is 0.857. The molecule has 0 radical (unpaired) electrons. The summed E-state index contributed by atoms with van der Waals surface area (Å²) in [6, 6.07) is 9.59. The first-order chi connectivity index (χ1) is 9.52. The molecule has 1 aliphatic heterocycles. The van der Waals surface area contributed by atoms with Crippen molar-refractivity contribution in [2.24, 2.45) is 5.41 Å². The van der Waals surface area contributed by atoms with E-state index in [4.69, 9.17) is 0 Å². The lowest BCUT2D eigenvalue weighted by Gasteiger charge is -2.38. The van der Waals surface area contributed by atoms with E-state index in [0.29, 0.717) is 11.5 Å². The van der Waals surface area contributed by atoms with Crippen molar-refractivity contribution < 1.29 is 0 Å². The van der Waals surface area contributed by atoms with Crippen molar-refractivity contribution in [1.29, 1.82) is 0 Å². The van der Waals surface area contributed by atoms with Gasteiger partial charge in [-0.1, -0.05) is 32.9 Å². The van der Waals surface area contributed by atoms with Gasteiger partial charge < -0.3 is 10.2 Å². The van der Waals surface area contributed by atoms with Crippen molar-refractivity contribution in [3.63, 3.8) is 0 Å². The fraction of sp³-hybridized carbons (Fsp3) is 0.667. The van der Waals surface area contributed by atoms with Crippen LogP contribution in [0.2, 0.25) is 0 Å². The van der Waals surface area contributed by atoms with Crippen molar-refractivity contribution >= 4 is 5.69 Å². The summed E-state index contributed by atoms with van der Waals surface area (Å²) in [7, 11) is 0. The molecule has 0 aliphatic carbocycles. The van der Waals surface area contributed by atoms with E-state index in [1.165, 1.54) is 43.6 Å². The third-order valence-corrected chi connectivity index (χ3v) is 4.58. The van der Waals surface area contributed by atoms with Crippen LogP contribution in [0, 0.1) is 5.41 Å². The Hall–Kier alpha value is -1.02. The summed E-state index contributed by atoms with van der Waals surface area (Å²) in [5.41, 5.74) is 3.29. The Balaban J connectivity index is 1.95. The molecule has 20 heavy (non-hydrogen) atoms. The summed E-state index contributed by atoms with van der Waals surface area (Å²) < 4.78 is 0. The highest BCUT2D eigenvalue weighted by molar-refractivity contribution is 5.48. The van der Waals surface area contributed by atoms with Crippen molar-refractivity contribution in [2.45, 2.75) is 53.0 Å². The third-order valence-electron chi connectivity index (χ3n) is 4.58. The predicted molar refractivity (Wildman–Crippen MR) is 88.4 cm³/mol. The van der Waals surface area contributed by atoms with E-state index in [-0.39, 0.29) is 0 Å². The van der Waals surface area contributed by atoms with E-state index in [0.717, 1.165) is 6.54 Å². The van der Waals surface area contributed by atoms with E-state index < -0.39 is 0 Å². The molecule has 0 amide bonds. The zero-order chi connectivity index (χ0) is 14.6. The van der Waals surface area contributed by atoms with Crippen LogP contribution in [0.4, 0.5) is 5.69 Å². The largest absolute Gasteiger partial charge is 0.371 e. The van der Waals surface area contributed by atoms with E-state index in [9.17, 15) is 0 Å². The molecule has 112 valence electrons. The summed E-state index contributed by atoms with van der Waals surface area (Å²) in [5, 5.41) is 3.54. The minimum atomic E-state index is 0.448. The lowest BCUT2D eigenvalue weighted by molar-refractivity contribution is 0.280. The molecule has 2 heteroatoms. The molecule has 0 spiro atoms. The van der Waals surface area contributed by atoms with E-state index >= 15 is 0 Å². The van der Waals surface area contributed by atoms with Crippen LogP contribution in [-0.4, -0.2) is 19.6 Å². The molecule has 0 bridgehead atoms. The lowest BCUT2D eigenvalue weighted by atomic mass is 9.82. The normalized spacial score (nSPS) is 19.9. The summed E-state index contributed by atoms with van der Waals surface area (Å²) >= 11 is 0. The molecule has 1 aromatic rings. The standard InChI is InChI=1S/C18H30N2/c1-5-12-19-15(2)16-6-8-17(9-7-16)20-13-10-18(3,4)11-14-20/h6-9,15,19H,5,10-14H2,1-4H3. The first-order valence-corrected chi connectivity index (χ1v) is 8.10. The molecular weight excluding hydrogens is 244 g/mol. The average molecular weight is 274 g/mol. The Morgan fingerprint density at radius 3 is 2.30 bits per heavy atom. The van der Waals surface area contributed by atoms with Crippen LogP contribution in [0.5, 0.6) is 0 Å². The van der Waals surface area contributed by atoms with Crippen LogP contribution in [0.15, 0.2) is 24.3 Å². The Kier molecular flexibility index (Phi) is 5.09. The Bertz CT molecular complexity index is 398. The number of rotatable bonds is 5. The van der Waals surface area contributed by atoms with E-state index in [2.05, 4.69) is 62.2 Å². The number of benzene rings is 1. The Morgan fingerprint density at radius 1 is 1.15 bits per heavy atom. The predicted octanol–water partition coefficient (Wildman–Crippen LogP) is 4.37. The molecule has 0 aromatic heterocycles. The molecule has 1 aromatic carbocycles. The maximum absolute atomic E-state index is 3.54. The van der Waals surface area contributed by atoms with Gasteiger partial charge in [-0.3, -0.25) is 0 Å². The zero-order valence-electron chi connectivity index (χ0n) is 13.6. The van der Waals surface area contributed by atoms with E-state index in [1.807, 2.05) is 0 Å². The van der Waals surface area contributed by atoms with Crippen molar-refractivity contribution in [1.82, 2.24) is 5.32 Å². The van der Waals surface area contributed by atoms with Crippen molar-refractivity contribution in [3.05, 3.63) is 29.8 Å². The van der Waals surface area contributed by atoms with Gasteiger partial charge >= 0.3 is 0 Å². The summed E-state index contributed by atoms with van der Waals surface area (Å²) in [4.78, 5) is 2.53. The van der Waals surface area contributed by atoms with Gasteiger partial charge in [0.25, 0.3) is 0 Å². The monoisotopic (exact) mass is 274 g/mol. The number of piperidine rings is 1. The van der Waals surface area contributed by atoms with Gasteiger partial charge in [-0.2, -0.15) is 0 Å². The first kappa shape index (κ1) is 15.4. The van der Waals surface area contributed by atoms with Gasteiger partial charge in [-0.05, 0) is 55.8 Å². The summed E-state index contributed by atoms with van der Waals surface area (Å²) in [6.07, 6.45) is 3.78. The third kappa shape index (κ3) is 3.99. The average Bonchev–Trinajstić information content (AvgIpc) is 2.45. The second-order valence-corrected chi connectivity index (χ2v) is 6.92. The van der Waals surface area contributed by atoms with Gasteiger partial charge in [-0.25, -0.2) is 0 Å². The molecule has 1 unspecified atom stereocenters. The summed E-state index contributed by atoms with van der Waals surface area (Å²) in [5.74, 6) is 0. The minimum absolute atomic E-state index is 0.448. The maximum Gasteiger partial charge on any atom is 0.0366 e. The molecule has 1 atom stereocenters. The molecule has 2 rings (SSSR count). The highest BCUT2D eigenvalue weighted by Crippen LogP contribution is 2.32.